The summed E-state index contributed by atoms with van der Waals surface area (Å²) >= 11 is 0. The molecule has 0 heterocycles. The highest BCUT2D eigenvalue weighted by Gasteiger charge is 2.46. The second-order valence-corrected chi connectivity index (χ2v) is 6.43. The van der Waals surface area contributed by atoms with E-state index in [1.807, 2.05) is 0 Å². The van der Waals surface area contributed by atoms with Crippen molar-refractivity contribution in [2.75, 3.05) is 0 Å². The second kappa shape index (κ2) is 8.09. The molecule has 0 aromatic heterocycles. The van der Waals surface area contributed by atoms with Crippen molar-refractivity contribution in [2.45, 2.75) is 6.61 Å². The maximum absolute atomic E-state index is 13.2. The molecule has 0 spiro atoms. The van der Waals surface area contributed by atoms with Crippen molar-refractivity contribution in [3.8, 4) is 11.5 Å². The summed E-state index contributed by atoms with van der Waals surface area (Å²) in [7, 11) is 0. The van der Waals surface area contributed by atoms with Gasteiger partial charge in [-0.2, -0.15) is 20.9 Å². The quantitative estimate of drug-likeness (QED) is 0.0971. The third kappa shape index (κ3) is 3.21. The lowest BCUT2D eigenvalue weighted by molar-refractivity contribution is -0.996. The lowest BCUT2D eigenvalue weighted by atomic mass is 9.79. The highest BCUT2D eigenvalue weighted by molar-refractivity contribution is 6.33. The van der Waals surface area contributed by atoms with Crippen LogP contribution in [-0.4, -0.2) is 47.7 Å². The Morgan fingerprint density at radius 3 is 1.56 bits per heavy atom. The number of fused-ring (bicyclic) bond motifs is 2. The fraction of sp³-hybridized carbons (Fsp3) is 0.0667. The molecule has 0 bridgehead atoms. The molecule has 3 rings (SSSR count). The summed E-state index contributed by atoms with van der Waals surface area (Å²) in [5.41, 5.74) is -10.0. The Kier molecular flexibility index (Phi) is 5.94. The first-order valence-electron chi connectivity index (χ1n) is 8.31. The summed E-state index contributed by atoms with van der Waals surface area (Å²) < 4.78 is 0. The van der Waals surface area contributed by atoms with Gasteiger partial charge in [-0.05, 0) is 0 Å². The molecule has 4 atom stereocenters. The van der Waals surface area contributed by atoms with Gasteiger partial charge in [-0.15, -0.1) is 0 Å². The van der Waals surface area contributed by atoms with Crippen molar-refractivity contribution >= 4 is 34.3 Å². The van der Waals surface area contributed by atoms with Crippen LogP contribution in [-0.2, 0) is 6.61 Å². The number of quaternary nitrogens is 4. The van der Waals surface area contributed by atoms with Crippen LogP contribution in [0.3, 0.4) is 0 Å². The number of carbonyl (C=O) groups excluding carboxylic acids is 2. The first kappa shape index (κ1) is 23.5. The maximum Gasteiger partial charge on any atom is 0.218 e. The summed E-state index contributed by atoms with van der Waals surface area (Å²) in [6.07, 6.45) is 0. The Labute approximate surface area is 174 Å². The summed E-state index contributed by atoms with van der Waals surface area (Å²) in [5.74, 6) is -5.90. The zero-order valence-electron chi connectivity index (χ0n) is 15.4. The van der Waals surface area contributed by atoms with Gasteiger partial charge >= 0.3 is 0 Å². The van der Waals surface area contributed by atoms with Crippen molar-refractivity contribution in [3.63, 3.8) is 0 Å². The van der Waals surface area contributed by atoms with E-state index >= 15 is 0 Å². The van der Waals surface area contributed by atoms with Gasteiger partial charge in [-0.3, -0.25) is 9.59 Å². The van der Waals surface area contributed by atoms with E-state index < -0.39 is 101 Å². The highest BCUT2D eigenvalue weighted by Crippen LogP contribution is 2.46. The molecule has 0 saturated carbocycles. The number of hydrogen-bond donors (Lipinski definition) is 11. The van der Waals surface area contributed by atoms with E-state index in [0.29, 0.717) is 6.07 Å². The number of ketones is 2. The third-order valence-corrected chi connectivity index (χ3v) is 4.83. The van der Waals surface area contributed by atoms with E-state index in [1.165, 1.54) is 0 Å². The normalized spacial score (nSPS) is 16.9. The van der Waals surface area contributed by atoms with Crippen molar-refractivity contribution in [1.82, 2.24) is 0 Å². The molecule has 2 aromatic rings. The molecule has 0 aliphatic heterocycles. The summed E-state index contributed by atoms with van der Waals surface area (Å²) in [4.78, 5) is 26.2. The minimum Gasteiger partial charge on any atom is -0.595 e. The Balaban J connectivity index is 2.57. The molecule has 1 aliphatic carbocycles. The van der Waals surface area contributed by atoms with Crippen LogP contribution >= 0.6 is 0 Å². The number of carbonyl (C=O) groups is 2. The monoisotopic (exact) mass is 458 g/mol. The number of hydrogen-bond acceptors (Lipinski definition) is 13. The minimum atomic E-state index is -1.99. The molecule has 2 aromatic carbocycles. The SMILES string of the molecule is O=C1c2c(O)c([NH+]([O-])O)cc([NH+]([O-])O)c2C(=O)c2c1c(O)c([NH+]([O-])O)c(CO)c2[NH+]([O-])O. The van der Waals surface area contributed by atoms with Gasteiger partial charge in [0.15, 0.2) is 22.9 Å². The number of aliphatic hydroxyl groups excluding tert-OH is 1. The Bertz CT molecular complexity index is 1150. The number of aliphatic hydroxyl groups is 1. The van der Waals surface area contributed by atoms with Gasteiger partial charge in [-0.25, -0.2) is 20.8 Å². The van der Waals surface area contributed by atoms with E-state index in [0.717, 1.165) is 0 Å². The molecule has 11 N–H and O–H groups in total. The number of nitrogens with one attached hydrogen (secondary N) is 4. The molecule has 32 heavy (non-hydrogen) atoms. The molecule has 0 saturated heterocycles. The standard InChI is InChI=1S/C15H14N4O13/c20-2-3-10(18(29)30)7-9(15(24)11(3)19(31)32)14(23)8-6(13(7)22)4(16(25)26)1-5(12(8)21)17(27)28/h1,16-21,24-25,27,29,31H,2H2. The van der Waals surface area contributed by atoms with Gasteiger partial charge < -0.3 is 36.1 Å². The number of rotatable bonds is 5. The fourth-order valence-corrected chi connectivity index (χ4v) is 3.57. The topological polar surface area (TPSA) is 286 Å². The van der Waals surface area contributed by atoms with E-state index in [2.05, 4.69) is 0 Å². The lowest BCUT2D eigenvalue weighted by Crippen LogP contribution is -3.01. The van der Waals surface area contributed by atoms with Crippen LogP contribution in [0.2, 0.25) is 0 Å². The first-order valence-corrected chi connectivity index (χ1v) is 8.31. The van der Waals surface area contributed by atoms with Gasteiger partial charge in [0.2, 0.25) is 22.9 Å². The zero-order chi connectivity index (χ0) is 24.2. The largest absolute Gasteiger partial charge is 0.595 e. The smallest absolute Gasteiger partial charge is 0.218 e. The van der Waals surface area contributed by atoms with E-state index in [9.17, 15) is 66.6 Å². The van der Waals surface area contributed by atoms with Crippen LogP contribution in [0, 0.1) is 20.8 Å². The van der Waals surface area contributed by atoms with Crippen molar-refractivity contribution in [1.29, 1.82) is 0 Å². The van der Waals surface area contributed by atoms with Crippen LogP contribution in [0.25, 0.3) is 0 Å². The summed E-state index contributed by atoms with van der Waals surface area (Å²) in [6, 6.07) is 0.383. The first-order chi connectivity index (χ1) is 14.9. The van der Waals surface area contributed by atoms with Crippen molar-refractivity contribution in [3.05, 3.63) is 54.7 Å². The lowest BCUT2D eigenvalue weighted by Gasteiger charge is -2.29. The molecule has 4 unspecified atom stereocenters. The maximum atomic E-state index is 13.2. The Morgan fingerprint density at radius 2 is 1.12 bits per heavy atom. The molecule has 0 amide bonds. The molecule has 17 heteroatoms. The minimum absolute atomic E-state index is 0.383. The molecular weight excluding hydrogens is 444 g/mol. The third-order valence-electron chi connectivity index (χ3n) is 4.83. The molecule has 0 fully saturated rings. The Morgan fingerprint density at radius 1 is 0.656 bits per heavy atom. The van der Waals surface area contributed by atoms with Gasteiger partial charge in [0.05, 0.1) is 23.8 Å². The van der Waals surface area contributed by atoms with E-state index in [4.69, 9.17) is 0 Å². The number of phenols is 2. The van der Waals surface area contributed by atoms with Gasteiger partial charge in [0.25, 0.3) is 0 Å². The second-order valence-electron chi connectivity index (χ2n) is 6.43. The summed E-state index contributed by atoms with van der Waals surface area (Å²) in [5, 5.41) is 106. The van der Waals surface area contributed by atoms with Gasteiger partial charge in [0.1, 0.15) is 16.7 Å². The number of aromatic hydroxyl groups is 2. The van der Waals surface area contributed by atoms with Crippen LogP contribution in [0.1, 0.15) is 37.4 Å². The number of phenolic OH excluding ortho intramolecular Hbond substituents is 2. The average molecular weight is 458 g/mol. The molecular formula is C15H14N4O13. The predicted molar refractivity (Wildman–Crippen MR) is 92.1 cm³/mol. The van der Waals surface area contributed by atoms with Crippen molar-refractivity contribution < 1.29 is 66.6 Å². The van der Waals surface area contributed by atoms with Crippen LogP contribution in [0.5, 0.6) is 11.5 Å². The van der Waals surface area contributed by atoms with E-state index in [-0.39, 0.29) is 0 Å². The van der Waals surface area contributed by atoms with Crippen LogP contribution in [0.15, 0.2) is 6.07 Å². The van der Waals surface area contributed by atoms with Crippen LogP contribution in [0.4, 0.5) is 22.7 Å². The van der Waals surface area contributed by atoms with Gasteiger partial charge in [0, 0.05) is 0 Å². The molecule has 0 radical (unpaired) electrons. The van der Waals surface area contributed by atoms with Crippen molar-refractivity contribution in [2.24, 2.45) is 0 Å². The summed E-state index contributed by atoms with van der Waals surface area (Å²) in [6.45, 7) is -1.30. The molecule has 172 valence electrons. The highest BCUT2D eigenvalue weighted by atomic mass is 16.8. The predicted octanol–water partition coefficient (Wildman–Crippen LogP) is -5.02. The molecule has 1 aliphatic rings. The fourth-order valence-electron chi connectivity index (χ4n) is 3.57. The van der Waals surface area contributed by atoms with E-state index in [1.54, 1.807) is 0 Å². The Hall–Kier alpha value is -3.14. The van der Waals surface area contributed by atoms with Gasteiger partial charge in [-0.1, -0.05) is 0 Å². The molecule has 17 nitrogen and oxygen atoms in total. The van der Waals surface area contributed by atoms with Crippen LogP contribution < -0.4 is 20.9 Å². The zero-order valence-corrected chi connectivity index (χ0v) is 15.4. The average Bonchev–Trinajstić information content (AvgIpc) is 2.69. The number of benzene rings is 2.